The van der Waals surface area contributed by atoms with Crippen molar-refractivity contribution in [1.29, 1.82) is 0 Å². The number of aliphatic hydroxyl groups excluding tert-OH is 1. The highest BCUT2D eigenvalue weighted by Crippen LogP contribution is 2.43. The number of nitrogens with zero attached hydrogens (tertiary/aromatic N) is 2. The van der Waals surface area contributed by atoms with Crippen LogP contribution in [0.3, 0.4) is 0 Å². The number of carbonyl (C=O) groups is 2. The molecule has 5 rings (SSSR count). The minimum Gasteiger partial charge on any atom is -0.394 e. The number of rotatable bonds is 4. The molecule has 2 aliphatic heterocycles. The molecule has 2 aromatic rings. The van der Waals surface area contributed by atoms with Crippen LogP contribution in [0.5, 0.6) is 0 Å². The predicted molar refractivity (Wildman–Crippen MR) is 126 cm³/mol. The van der Waals surface area contributed by atoms with Gasteiger partial charge in [0.15, 0.2) is 0 Å². The van der Waals surface area contributed by atoms with Crippen molar-refractivity contribution >= 4 is 11.8 Å². The molecule has 1 aliphatic carbocycles. The third-order valence-corrected chi connectivity index (χ3v) is 7.52. The van der Waals surface area contributed by atoms with Crippen LogP contribution in [0.4, 0.5) is 4.39 Å². The molecule has 0 aromatic heterocycles. The highest BCUT2D eigenvalue weighted by atomic mass is 19.1. The molecule has 3 fully saturated rings. The van der Waals surface area contributed by atoms with Gasteiger partial charge in [0.05, 0.1) is 18.7 Å². The first kappa shape index (κ1) is 22.6. The van der Waals surface area contributed by atoms with Crippen LogP contribution < -0.4 is 0 Å². The first-order valence-corrected chi connectivity index (χ1v) is 12.1. The summed E-state index contributed by atoms with van der Waals surface area (Å²) in [4.78, 5) is 29.0. The van der Waals surface area contributed by atoms with Crippen LogP contribution in [-0.2, 0) is 4.79 Å². The van der Waals surface area contributed by atoms with E-state index in [1.807, 2.05) is 24.3 Å². The molecule has 2 amide bonds. The maximum Gasteiger partial charge on any atom is 0.254 e. The van der Waals surface area contributed by atoms with Gasteiger partial charge in [0.1, 0.15) is 12.4 Å². The molecule has 0 radical (unpaired) electrons. The van der Waals surface area contributed by atoms with Crippen LogP contribution in [0, 0.1) is 23.6 Å². The summed E-state index contributed by atoms with van der Waals surface area (Å²) < 4.78 is 13.2. The zero-order valence-corrected chi connectivity index (χ0v) is 19.1. The first-order valence-electron chi connectivity index (χ1n) is 12.1. The van der Waals surface area contributed by atoms with Gasteiger partial charge in [0.2, 0.25) is 5.91 Å². The third kappa shape index (κ3) is 4.33. The SMILES string of the molecule is O=C(c1ccc(F)cc1)N1CC(=O)N2[C@H](CO)[C@H](c3ccc(C#CCC4CCCC4)cc3)[C@H]2C1. The van der Waals surface area contributed by atoms with E-state index in [-0.39, 0.29) is 43.0 Å². The second kappa shape index (κ2) is 9.60. The van der Waals surface area contributed by atoms with Crippen molar-refractivity contribution in [3.05, 3.63) is 71.0 Å². The summed E-state index contributed by atoms with van der Waals surface area (Å²) in [6.07, 6.45) is 6.17. The molecule has 0 bridgehead atoms. The Balaban J connectivity index is 1.29. The molecule has 1 saturated carbocycles. The van der Waals surface area contributed by atoms with E-state index in [9.17, 15) is 19.1 Å². The van der Waals surface area contributed by atoms with Crippen molar-refractivity contribution in [2.75, 3.05) is 19.7 Å². The quantitative estimate of drug-likeness (QED) is 0.710. The van der Waals surface area contributed by atoms with Crippen molar-refractivity contribution in [2.24, 2.45) is 5.92 Å². The van der Waals surface area contributed by atoms with E-state index in [4.69, 9.17) is 0 Å². The van der Waals surface area contributed by atoms with E-state index < -0.39 is 5.82 Å². The molecule has 6 heteroatoms. The molecule has 34 heavy (non-hydrogen) atoms. The predicted octanol–water partition coefficient (Wildman–Crippen LogP) is 3.57. The van der Waals surface area contributed by atoms with Crippen molar-refractivity contribution in [1.82, 2.24) is 9.80 Å². The van der Waals surface area contributed by atoms with Gasteiger partial charge in [-0.15, -0.1) is 0 Å². The Hall–Kier alpha value is -3.17. The van der Waals surface area contributed by atoms with E-state index in [1.54, 1.807) is 4.90 Å². The zero-order chi connectivity index (χ0) is 23.7. The average Bonchev–Trinajstić information content (AvgIpc) is 3.35. The van der Waals surface area contributed by atoms with Crippen LogP contribution >= 0.6 is 0 Å². The Labute approximate surface area is 199 Å². The summed E-state index contributed by atoms with van der Waals surface area (Å²) in [7, 11) is 0. The van der Waals surface area contributed by atoms with Crippen LogP contribution in [0.15, 0.2) is 48.5 Å². The molecular weight excluding hydrogens is 431 g/mol. The minimum atomic E-state index is -0.408. The standard InChI is InChI=1S/C28H29FN2O3/c29-23-14-12-22(13-15-23)28(34)30-16-24-27(25(18-32)31(24)26(33)17-30)21-10-8-20(9-11-21)7-3-6-19-4-1-2-5-19/h8-15,19,24-25,27,32H,1-2,4-6,16-18H2/t24-,25-,27-/m1/s1. The van der Waals surface area contributed by atoms with Crippen LogP contribution in [0.25, 0.3) is 0 Å². The van der Waals surface area contributed by atoms with Gasteiger partial charge < -0.3 is 14.9 Å². The van der Waals surface area contributed by atoms with E-state index >= 15 is 0 Å². The summed E-state index contributed by atoms with van der Waals surface area (Å²) in [6.45, 7) is 0.222. The molecule has 3 aliphatic rings. The lowest BCUT2D eigenvalue weighted by molar-refractivity contribution is -0.159. The summed E-state index contributed by atoms with van der Waals surface area (Å²) >= 11 is 0. The molecule has 176 valence electrons. The smallest absolute Gasteiger partial charge is 0.254 e. The lowest BCUT2D eigenvalue weighted by Gasteiger charge is -2.58. The highest BCUT2D eigenvalue weighted by molar-refractivity contribution is 5.97. The number of halogens is 1. The van der Waals surface area contributed by atoms with E-state index in [1.165, 1.54) is 54.8 Å². The number of carbonyl (C=O) groups excluding carboxylic acids is 2. The Kier molecular flexibility index (Phi) is 6.38. The lowest BCUT2D eigenvalue weighted by Crippen LogP contribution is -2.73. The Morgan fingerprint density at radius 1 is 1.06 bits per heavy atom. The lowest BCUT2D eigenvalue weighted by atomic mass is 9.73. The fourth-order valence-electron chi connectivity index (χ4n) is 5.73. The van der Waals surface area contributed by atoms with Gasteiger partial charge in [-0.05, 0) is 60.7 Å². The van der Waals surface area contributed by atoms with Crippen LogP contribution in [0.1, 0.15) is 59.5 Å². The number of amides is 2. The van der Waals surface area contributed by atoms with E-state index in [2.05, 4.69) is 11.8 Å². The van der Waals surface area contributed by atoms with Gasteiger partial charge in [-0.3, -0.25) is 9.59 Å². The molecule has 1 N–H and O–H groups in total. The van der Waals surface area contributed by atoms with Crippen molar-refractivity contribution in [3.63, 3.8) is 0 Å². The van der Waals surface area contributed by atoms with Gasteiger partial charge in [-0.2, -0.15) is 0 Å². The Morgan fingerprint density at radius 3 is 2.44 bits per heavy atom. The normalized spacial score (nSPS) is 24.3. The van der Waals surface area contributed by atoms with Crippen LogP contribution in [0.2, 0.25) is 0 Å². The maximum absolute atomic E-state index is 13.2. The molecular formula is C28H29FN2O3. The Bertz CT molecular complexity index is 1110. The third-order valence-electron chi connectivity index (χ3n) is 7.52. The molecule has 0 unspecified atom stereocenters. The fourth-order valence-corrected chi connectivity index (χ4v) is 5.73. The van der Waals surface area contributed by atoms with Gasteiger partial charge >= 0.3 is 0 Å². The maximum atomic E-state index is 13.2. The number of piperazine rings is 1. The minimum absolute atomic E-state index is 0.0363. The monoisotopic (exact) mass is 460 g/mol. The Morgan fingerprint density at radius 2 is 1.76 bits per heavy atom. The molecule has 3 atom stereocenters. The van der Waals surface area contributed by atoms with Gasteiger partial charge in [-0.25, -0.2) is 4.39 Å². The first-order chi connectivity index (χ1) is 16.5. The number of fused-ring (bicyclic) bond motifs is 1. The molecule has 5 nitrogen and oxygen atoms in total. The molecule has 0 spiro atoms. The zero-order valence-electron chi connectivity index (χ0n) is 19.1. The second-order valence-corrected chi connectivity index (χ2v) is 9.62. The van der Waals surface area contributed by atoms with Gasteiger partial charge in [-0.1, -0.05) is 36.8 Å². The molecule has 2 aromatic carbocycles. The highest BCUT2D eigenvalue weighted by Gasteiger charge is 2.54. The fraction of sp³-hybridized carbons (Fsp3) is 0.429. The second-order valence-electron chi connectivity index (χ2n) is 9.62. The largest absolute Gasteiger partial charge is 0.394 e. The van der Waals surface area contributed by atoms with Crippen molar-refractivity contribution in [2.45, 2.75) is 50.1 Å². The summed E-state index contributed by atoms with van der Waals surface area (Å²) in [5.41, 5.74) is 2.36. The summed E-state index contributed by atoms with van der Waals surface area (Å²) in [6, 6.07) is 12.9. The molecule has 2 saturated heterocycles. The number of hydrogen-bond acceptors (Lipinski definition) is 3. The molecule has 2 heterocycles. The van der Waals surface area contributed by atoms with Gasteiger partial charge in [0.25, 0.3) is 5.91 Å². The summed E-state index contributed by atoms with van der Waals surface area (Å²) in [5.74, 6) is 6.40. The average molecular weight is 461 g/mol. The van der Waals surface area contributed by atoms with Crippen molar-refractivity contribution < 1.29 is 19.1 Å². The topological polar surface area (TPSA) is 60.9 Å². The van der Waals surface area contributed by atoms with E-state index in [0.717, 1.165) is 23.5 Å². The van der Waals surface area contributed by atoms with Crippen LogP contribution in [-0.4, -0.2) is 58.5 Å². The van der Waals surface area contributed by atoms with E-state index in [0.29, 0.717) is 12.1 Å². The number of benzene rings is 2. The summed E-state index contributed by atoms with van der Waals surface area (Å²) in [5, 5.41) is 10.00. The van der Waals surface area contributed by atoms with Crippen molar-refractivity contribution in [3.8, 4) is 11.8 Å². The van der Waals surface area contributed by atoms with Gasteiger partial charge in [0, 0.05) is 30.0 Å². The number of hydrogen-bond donors (Lipinski definition) is 1. The number of aliphatic hydroxyl groups is 1.